The van der Waals surface area contributed by atoms with E-state index < -0.39 is 0 Å². The van der Waals surface area contributed by atoms with Gasteiger partial charge in [0.1, 0.15) is 17.4 Å². The van der Waals surface area contributed by atoms with Gasteiger partial charge in [-0.2, -0.15) is 0 Å². The fraction of sp³-hybridized carbons (Fsp3) is 0.640. The Morgan fingerprint density at radius 3 is 2.62 bits per heavy atom. The molecule has 1 amide bonds. The summed E-state index contributed by atoms with van der Waals surface area (Å²) in [6.45, 7) is 4.63. The number of carbonyl (C=O) groups excluding carboxylic acids is 1. The van der Waals surface area contributed by atoms with Gasteiger partial charge in [-0.05, 0) is 49.8 Å². The van der Waals surface area contributed by atoms with Crippen molar-refractivity contribution >= 4 is 5.91 Å². The third-order valence-corrected chi connectivity index (χ3v) is 7.58. The highest BCUT2D eigenvalue weighted by molar-refractivity contribution is 5.76. The first kappa shape index (κ1) is 21.4. The van der Waals surface area contributed by atoms with Crippen LogP contribution in [-0.4, -0.2) is 63.3 Å². The van der Waals surface area contributed by atoms with Gasteiger partial charge in [0, 0.05) is 44.6 Å². The molecule has 172 valence electrons. The number of carbonyl (C=O) groups is 1. The van der Waals surface area contributed by atoms with Crippen LogP contribution < -0.4 is 4.74 Å². The second-order valence-electron chi connectivity index (χ2n) is 9.56. The minimum absolute atomic E-state index is 0.247. The lowest BCUT2D eigenvalue weighted by atomic mass is 9.96. The van der Waals surface area contributed by atoms with E-state index in [1.54, 1.807) is 7.11 Å². The maximum atomic E-state index is 12.9. The van der Waals surface area contributed by atoms with Crippen molar-refractivity contribution in [2.24, 2.45) is 0 Å². The van der Waals surface area contributed by atoms with Crippen LogP contribution in [0.1, 0.15) is 68.1 Å². The van der Waals surface area contributed by atoms with E-state index in [1.165, 1.54) is 31.2 Å². The molecule has 1 unspecified atom stereocenters. The van der Waals surface area contributed by atoms with Gasteiger partial charge < -0.3 is 14.2 Å². The summed E-state index contributed by atoms with van der Waals surface area (Å²) >= 11 is 0. The molecule has 0 spiro atoms. The van der Waals surface area contributed by atoms with E-state index in [0.717, 1.165) is 75.4 Å². The van der Waals surface area contributed by atoms with Crippen LogP contribution in [0.2, 0.25) is 0 Å². The molecule has 1 aromatic heterocycles. The fourth-order valence-corrected chi connectivity index (χ4v) is 5.70. The van der Waals surface area contributed by atoms with Crippen molar-refractivity contribution < 1.29 is 9.53 Å². The van der Waals surface area contributed by atoms with Crippen LogP contribution in [0.5, 0.6) is 5.75 Å². The van der Waals surface area contributed by atoms with Crippen molar-refractivity contribution in [3.63, 3.8) is 0 Å². The van der Waals surface area contributed by atoms with E-state index in [2.05, 4.69) is 19.7 Å². The number of hydrogen-bond acceptors (Lipinski definition) is 5. The molecular weight excluding hydrogens is 402 g/mol. The summed E-state index contributed by atoms with van der Waals surface area (Å²) in [4.78, 5) is 17.6. The van der Waals surface area contributed by atoms with Gasteiger partial charge >= 0.3 is 0 Å². The highest BCUT2D eigenvalue weighted by atomic mass is 16.5. The number of amides is 1. The first-order valence-electron chi connectivity index (χ1n) is 12.3. The lowest BCUT2D eigenvalue weighted by Gasteiger charge is -2.35. The van der Waals surface area contributed by atoms with Crippen LogP contribution in [-0.2, 0) is 24.3 Å². The van der Waals surface area contributed by atoms with Crippen molar-refractivity contribution in [2.75, 3.05) is 26.7 Å². The van der Waals surface area contributed by atoms with Crippen LogP contribution in [0.3, 0.4) is 0 Å². The maximum Gasteiger partial charge on any atom is 0.222 e. The Hall–Kier alpha value is -2.41. The molecular formula is C25H35N5O2. The summed E-state index contributed by atoms with van der Waals surface area (Å²) in [5.41, 5.74) is 1.17. The zero-order valence-electron chi connectivity index (χ0n) is 19.2. The van der Waals surface area contributed by atoms with Crippen molar-refractivity contribution in [2.45, 2.75) is 76.4 Å². The fourth-order valence-electron chi connectivity index (χ4n) is 5.70. The predicted molar refractivity (Wildman–Crippen MR) is 123 cm³/mol. The molecule has 0 N–H and O–H groups in total. The summed E-state index contributed by atoms with van der Waals surface area (Å²) in [5.74, 6) is 3.60. The number of benzene rings is 1. The standard InChI is InChI=1S/C25H35N5O2/c1-32-22-11-8-19(9-12-22)10-13-24(31)29-14-4-5-20(17-29)25-27-26-23-18-28(15-16-30(23)25)21-6-2-3-7-21/h8-9,11-12,20-21H,2-7,10,13-18H2,1H3. The Kier molecular flexibility index (Phi) is 6.44. The highest BCUT2D eigenvalue weighted by Gasteiger charge is 2.32. The molecule has 2 fully saturated rings. The first-order chi connectivity index (χ1) is 15.7. The monoisotopic (exact) mass is 437 g/mol. The Morgan fingerprint density at radius 2 is 1.84 bits per heavy atom. The van der Waals surface area contributed by atoms with E-state index in [9.17, 15) is 4.79 Å². The number of aryl methyl sites for hydroxylation is 1. The number of piperidine rings is 1. The SMILES string of the molecule is COc1ccc(CCC(=O)N2CCCC(c3nnc4n3CCN(C3CCCC3)C4)C2)cc1. The van der Waals surface area contributed by atoms with E-state index >= 15 is 0 Å². The molecule has 3 aliphatic rings. The number of likely N-dealkylation sites (tertiary alicyclic amines) is 1. The van der Waals surface area contributed by atoms with E-state index in [0.29, 0.717) is 12.3 Å². The molecule has 3 heterocycles. The molecule has 1 aromatic carbocycles. The summed E-state index contributed by atoms with van der Waals surface area (Å²) in [6.07, 6.45) is 8.83. The minimum atomic E-state index is 0.247. The Bertz CT molecular complexity index is 919. The van der Waals surface area contributed by atoms with Crippen LogP contribution >= 0.6 is 0 Å². The lowest BCUT2D eigenvalue weighted by molar-refractivity contribution is -0.132. The molecule has 2 aromatic rings. The number of hydrogen-bond donors (Lipinski definition) is 0. The number of ether oxygens (including phenoxy) is 1. The normalized spacial score (nSPS) is 22.2. The van der Waals surface area contributed by atoms with Crippen molar-refractivity contribution in [3.05, 3.63) is 41.5 Å². The topological polar surface area (TPSA) is 63.5 Å². The number of methoxy groups -OCH3 is 1. The van der Waals surface area contributed by atoms with E-state index in [4.69, 9.17) is 4.74 Å². The quantitative estimate of drug-likeness (QED) is 0.693. The second kappa shape index (κ2) is 9.61. The zero-order valence-corrected chi connectivity index (χ0v) is 19.2. The average Bonchev–Trinajstić information content (AvgIpc) is 3.53. The summed E-state index contributed by atoms with van der Waals surface area (Å²) in [6, 6.07) is 8.74. The molecule has 1 saturated heterocycles. The van der Waals surface area contributed by atoms with Gasteiger partial charge in [0.15, 0.2) is 0 Å². The average molecular weight is 438 g/mol. The van der Waals surface area contributed by atoms with Gasteiger partial charge in [-0.1, -0.05) is 25.0 Å². The highest BCUT2D eigenvalue weighted by Crippen LogP contribution is 2.30. The summed E-state index contributed by atoms with van der Waals surface area (Å²) in [7, 11) is 1.67. The van der Waals surface area contributed by atoms with Crippen molar-refractivity contribution in [3.8, 4) is 5.75 Å². The molecule has 0 bridgehead atoms. The third-order valence-electron chi connectivity index (χ3n) is 7.58. The predicted octanol–water partition coefficient (Wildman–Crippen LogP) is 3.38. The number of fused-ring (bicyclic) bond motifs is 1. The molecule has 7 nitrogen and oxygen atoms in total. The van der Waals surface area contributed by atoms with Crippen LogP contribution in [0.4, 0.5) is 0 Å². The first-order valence-corrected chi connectivity index (χ1v) is 12.3. The number of nitrogens with zero attached hydrogens (tertiary/aromatic N) is 5. The maximum absolute atomic E-state index is 12.9. The van der Waals surface area contributed by atoms with Gasteiger partial charge in [0.25, 0.3) is 0 Å². The van der Waals surface area contributed by atoms with Gasteiger partial charge in [0.05, 0.1) is 13.7 Å². The molecule has 1 aliphatic carbocycles. The van der Waals surface area contributed by atoms with E-state index in [-0.39, 0.29) is 5.91 Å². The van der Waals surface area contributed by atoms with Gasteiger partial charge in [-0.3, -0.25) is 9.69 Å². The molecule has 32 heavy (non-hydrogen) atoms. The van der Waals surface area contributed by atoms with Gasteiger partial charge in [-0.15, -0.1) is 10.2 Å². The van der Waals surface area contributed by atoms with Crippen LogP contribution in [0, 0.1) is 0 Å². The van der Waals surface area contributed by atoms with E-state index in [1.807, 2.05) is 29.2 Å². The largest absolute Gasteiger partial charge is 0.497 e. The lowest BCUT2D eigenvalue weighted by Crippen LogP contribution is -2.42. The molecule has 5 rings (SSSR count). The Labute approximate surface area is 190 Å². The van der Waals surface area contributed by atoms with Gasteiger partial charge in [-0.25, -0.2) is 0 Å². The van der Waals surface area contributed by atoms with Crippen LogP contribution in [0.15, 0.2) is 24.3 Å². The molecule has 1 atom stereocenters. The van der Waals surface area contributed by atoms with Crippen molar-refractivity contribution in [1.29, 1.82) is 0 Å². The summed E-state index contributed by atoms with van der Waals surface area (Å²) in [5, 5.41) is 9.19. The zero-order chi connectivity index (χ0) is 21.9. The molecule has 0 radical (unpaired) electrons. The summed E-state index contributed by atoms with van der Waals surface area (Å²) < 4.78 is 7.57. The molecule has 2 aliphatic heterocycles. The number of rotatable bonds is 6. The minimum Gasteiger partial charge on any atom is -0.497 e. The molecule has 1 saturated carbocycles. The Morgan fingerprint density at radius 1 is 1.03 bits per heavy atom. The second-order valence-corrected chi connectivity index (χ2v) is 9.56. The third kappa shape index (κ3) is 4.53. The molecule has 7 heteroatoms. The number of aromatic nitrogens is 3. The van der Waals surface area contributed by atoms with Crippen molar-refractivity contribution in [1.82, 2.24) is 24.6 Å². The Balaban J connectivity index is 1.18. The smallest absolute Gasteiger partial charge is 0.222 e. The van der Waals surface area contributed by atoms with Gasteiger partial charge in [0.2, 0.25) is 5.91 Å². The van der Waals surface area contributed by atoms with Crippen LogP contribution in [0.25, 0.3) is 0 Å².